The van der Waals surface area contributed by atoms with E-state index in [2.05, 4.69) is 197 Å². The summed E-state index contributed by atoms with van der Waals surface area (Å²) >= 11 is 0. The van der Waals surface area contributed by atoms with Crippen molar-refractivity contribution >= 4 is 62.9 Å². The van der Waals surface area contributed by atoms with Crippen molar-refractivity contribution in [3.05, 3.63) is 118 Å². The maximum Gasteiger partial charge on any atom is 0.252 e. The zero-order chi connectivity index (χ0) is 45.5. The Morgan fingerprint density at radius 3 is 1.78 bits per heavy atom. The predicted octanol–water partition coefficient (Wildman–Crippen LogP) is 14.3. The largest absolute Gasteiger partial charge is 0.335 e. The second-order valence-electron chi connectivity index (χ2n) is 25.5. The van der Waals surface area contributed by atoms with E-state index in [1.54, 1.807) is 11.1 Å². The summed E-state index contributed by atoms with van der Waals surface area (Å²) in [6.45, 7) is 36.9. The Bertz CT molecular complexity index is 2810. The minimum atomic E-state index is -0.0666. The van der Waals surface area contributed by atoms with Crippen molar-refractivity contribution in [2.45, 2.75) is 193 Å². The number of hydrogen-bond donors (Lipinski definition) is 0. The molecule has 0 radical (unpaired) electrons. The number of aryl methyl sites for hydroxylation is 2. The van der Waals surface area contributed by atoms with Crippen molar-refractivity contribution in [2.24, 2.45) is 0 Å². The van der Waals surface area contributed by atoms with Crippen LogP contribution in [0.4, 0.5) is 39.8 Å². The summed E-state index contributed by atoms with van der Waals surface area (Å²) in [5, 5.41) is 0. The molecule has 4 unspecified atom stereocenters. The maximum atomic E-state index is 2.96. The lowest BCUT2D eigenvalue weighted by Gasteiger charge is -2.54. The van der Waals surface area contributed by atoms with Gasteiger partial charge in [-0.05, 0) is 161 Å². The molecule has 11 rings (SSSR count). The molecule has 0 spiro atoms. The van der Waals surface area contributed by atoms with E-state index in [1.165, 1.54) is 135 Å². The van der Waals surface area contributed by atoms with E-state index < -0.39 is 0 Å². The standard InChI is InChI=1S/C60H74BN3/c1-37-29-38(2)51-48(30-37)63(60(15)28-19-17-26-58(51,60)13)43-35-49-52-50(36-43)64-53-44(57(12)25-16-18-27-59(57,64)14)32-41(56(9,10)11)33-46(53)61(52)45-24-23-40(55(6,7)8)34-47(45)62(49)42-22-20-21-39(31-42)54(3,4)5/h20-24,29-36H,16-19,25-28H2,1-15H3. The SMILES string of the molecule is Cc1cc(C)c2c(c1)N(c1cc3c4c(c1)N1c5c(cc(C(C)(C)C)cc5C5(C)CCCCC15C)B4c1ccc(C(C)(C)C)cc1N3c1cccc(C(C)(C)C)c1)C1(C)CCCCC21C. The summed E-state index contributed by atoms with van der Waals surface area (Å²) in [5.41, 5.74) is 24.2. The van der Waals surface area contributed by atoms with Crippen molar-refractivity contribution in [2.75, 3.05) is 14.7 Å². The molecule has 332 valence electrons. The minimum absolute atomic E-state index is 0.00804. The minimum Gasteiger partial charge on any atom is -0.335 e. The van der Waals surface area contributed by atoms with Gasteiger partial charge in [-0.25, -0.2) is 0 Å². The van der Waals surface area contributed by atoms with Crippen molar-refractivity contribution in [1.82, 2.24) is 0 Å². The Labute approximate surface area is 387 Å². The van der Waals surface area contributed by atoms with Crippen LogP contribution in [0.1, 0.15) is 180 Å². The highest BCUT2D eigenvalue weighted by molar-refractivity contribution is 7.00. The summed E-state index contributed by atoms with van der Waals surface area (Å²) in [6, 6.07) is 32.8. The molecular formula is C60H74BN3. The van der Waals surface area contributed by atoms with E-state index in [0.717, 1.165) is 0 Å². The van der Waals surface area contributed by atoms with Crippen LogP contribution in [0.15, 0.2) is 78.9 Å². The van der Waals surface area contributed by atoms with E-state index >= 15 is 0 Å². The lowest BCUT2D eigenvalue weighted by Crippen LogP contribution is -2.64. The first-order valence-corrected chi connectivity index (χ1v) is 25.1. The number of anilines is 7. The molecule has 2 aliphatic carbocycles. The van der Waals surface area contributed by atoms with Crippen LogP contribution in [-0.2, 0) is 27.1 Å². The molecule has 4 heterocycles. The Morgan fingerprint density at radius 2 is 1.11 bits per heavy atom. The van der Waals surface area contributed by atoms with Crippen molar-refractivity contribution < 1.29 is 0 Å². The van der Waals surface area contributed by atoms with Gasteiger partial charge in [-0.15, -0.1) is 0 Å². The van der Waals surface area contributed by atoms with Gasteiger partial charge >= 0.3 is 0 Å². The van der Waals surface area contributed by atoms with E-state index in [1.807, 2.05) is 0 Å². The number of rotatable bonds is 2. The lowest BCUT2D eigenvalue weighted by molar-refractivity contribution is 0.193. The highest BCUT2D eigenvalue weighted by atomic mass is 15.3. The monoisotopic (exact) mass is 848 g/mol. The van der Waals surface area contributed by atoms with E-state index in [0.29, 0.717) is 0 Å². The fourth-order valence-corrected chi connectivity index (χ4v) is 14.5. The van der Waals surface area contributed by atoms with Gasteiger partial charge in [-0.3, -0.25) is 0 Å². The zero-order valence-corrected chi connectivity index (χ0v) is 42.1. The second-order valence-corrected chi connectivity index (χ2v) is 25.5. The fraction of sp³-hybridized carbons (Fsp3) is 0.500. The highest BCUT2D eigenvalue weighted by Gasteiger charge is 2.63. The van der Waals surface area contributed by atoms with Gasteiger partial charge in [0.25, 0.3) is 6.71 Å². The summed E-state index contributed by atoms with van der Waals surface area (Å²) < 4.78 is 0. The molecular weight excluding hydrogens is 773 g/mol. The van der Waals surface area contributed by atoms with Crippen LogP contribution in [0.5, 0.6) is 0 Å². The molecule has 2 saturated carbocycles. The summed E-state index contributed by atoms with van der Waals surface area (Å²) in [4.78, 5) is 8.56. The average molecular weight is 848 g/mol. The molecule has 4 atom stereocenters. The van der Waals surface area contributed by atoms with Gasteiger partial charge in [0.1, 0.15) is 0 Å². The van der Waals surface area contributed by atoms with Gasteiger partial charge in [0.2, 0.25) is 0 Å². The third kappa shape index (κ3) is 5.41. The zero-order valence-electron chi connectivity index (χ0n) is 42.1. The van der Waals surface area contributed by atoms with Gasteiger partial charge in [0.15, 0.2) is 0 Å². The molecule has 4 heteroatoms. The molecule has 2 fully saturated rings. The Morgan fingerprint density at radius 1 is 0.500 bits per heavy atom. The molecule has 64 heavy (non-hydrogen) atoms. The maximum absolute atomic E-state index is 2.96. The van der Waals surface area contributed by atoms with Gasteiger partial charge in [-0.2, -0.15) is 0 Å². The third-order valence-corrected chi connectivity index (χ3v) is 18.5. The number of fused-ring (bicyclic) bond motifs is 10. The molecule has 3 nitrogen and oxygen atoms in total. The molecule has 4 aliphatic heterocycles. The van der Waals surface area contributed by atoms with Crippen LogP contribution in [0.3, 0.4) is 0 Å². The highest BCUT2D eigenvalue weighted by Crippen LogP contribution is 2.65. The van der Waals surface area contributed by atoms with Crippen LogP contribution in [0.2, 0.25) is 0 Å². The third-order valence-electron chi connectivity index (χ3n) is 18.5. The van der Waals surface area contributed by atoms with Crippen molar-refractivity contribution in [3.63, 3.8) is 0 Å². The molecule has 5 aromatic carbocycles. The van der Waals surface area contributed by atoms with Crippen molar-refractivity contribution in [1.29, 1.82) is 0 Å². The summed E-state index contributed by atoms with van der Waals surface area (Å²) in [5.74, 6) is 0. The van der Waals surface area contributed by atoms with Gasteiger partial charge in [-0.1, -0.05) is 144 Å². The summed E-state index contributed by atoms with van der Waals surface area (Å²) in [6.07, 6.45) is 9.92. The number of benzene rings is 5. The molecule has 5 aromatic rings. The quantitative estimate of drug-likeness (QED) is 0.161. The Hall–Kier alpha value is -4.44. The lowest BCUT2D eigenvalue weighted by atomic mass is 9.33. The van der Waals surface area contributed by atoms with Gasteiger partial charge < -0.3 is 14.7 Å². The smallest absolute Gasteiger partial charge is 0.252 e. The molecule has 0 amide bonds. The van der Waals surface area contributed by atoms with Crippen LogP contribution >= 0.6 is 0 Å². The first-order valence-electron chi connectivity index (χ1n) is 25.1. The average Bonchev–Trinajstić information content (AvgIpc) is 3.56. The number of nitrogens with zero attached hydrogens (tertiary/aromatic N) is 3. The van der Waals surface area contributed by atoms with Crippen molar-refractivity contribution in [3.8, 4) is 0 Å². The van der Waals surface area contributed by atoms with E-state index in [9.17, 15) is 0 Å². The van der Waals surface area contributed by atoms with E-state index in [4.69, 9.17) is 0 Å². The van der Waals surface area contributed by atoms with Crippen LogP contribution < -0.4 is 31.1 Å². The topological polar surface area (TPSA) is 9.72 Å². The molecule has 0 saturated heterocycles. The van der Waals surface area contributed by atoms with Crippen LogP contribution in [0, 0.1) is 13.8 Å². The first kappa shape index (κ1) is 42.2. The first-order chi connectivity index (χ1) is 29.9. The van der Waals surface area contributed by atoms with E-state index in [-0.39, 0.29) is 44.9 Å². The van der Waals surface area contributed by atoms with Gasteiger partial charge in [0, 0.05) is 50.6 Å². The normalized spacial score (nSPS) is 26.6. The van der Waals surface area contributed by atoms with Gasteiger partial charge in [0.05, 0.1) is 11.1 Å². The fourth-order valence-electron chi connectivity index (χ4n) is 14.5. The summed E-state index contributed by atoms with van der Waals surface area (Å²) in [7, 11) is 0. The molecule has 0 N–H and O–H groups in total. The second kappa shape index (κ2) is 13.1. The number of hydrogen-bond acceptors (Lipinski definition) is 3. The molecule has 0 aromatic heterocycles. The Balaban J connectivity index is 1.31. The Kier molecular flexibility index (Phi) is 8.66. The molecule has 6 aliphatic rings. The predicted molar refractivity (Wildman–Crippen MR) is 277 cm³/mol. The molecule has 0 bridgehead atoms. The van der Waals surface area contributed by atoms with Crippen LogP contribution in [0.25, 0.3) is 0 Å². The van der Waals surface area contributed by atoms with Crippen LogP contribution in [-0.4, -0.2) is 17.8 Å².